The summed E-state index contributed by atoms with van der Waals surface area (Å²) < 4.78 is 9.78. The van der Waals surface area contributed by atoms with Gasteiger partial charge in [0.15, 0.2) is 0 Å². The van der Waals surface area contributed by atoms with E-state index in [4.69, 9.17) is 14.6 Å². The van der Waals surface area contributed by atoms with Gasteiger partial charge in [-0.3, -0.25) is 0 Å². The van der Waals surface area contributed by atoms with Crippen LogP contribution < -0.4 is 10.1 Å². The summed E-state index contributed by atoms with van der Waals surface area (Å²) in [6, 6.07) is 4.13. The van der Waals surface area contributed by atoms with Gasteiger partial charge >= 0.3 is 11.9 Å². The number of ether oxygens (including phenoxy) is 2. The number of nitrogens with one attached hydrogen (secondary N) is 1. The summed E-state index contributed by atoms with van der Waals surface area (Å²) >= 11 is 0. The molecule has 0 radical (unpaired) electrons. The molecule has 6 heteroatoms. The summed E-state index contributed by atoms with van der Waals surface area (Å²) in [6.07, 6.45) is 0.532. The molecule has 0 saturated carbocycles. The molecule has 2 rings (SSSR count). The lowest BCUT2D eigenvalue weighted by Crippen LogP contribution is -2.25. The molecule has 0 aromatic heterocycles. The van der Waals surface area contributed by atoms with Crippen LogP contribution in [0.5, 0.6) is 5.75 Å². The highest BCUT2D eigenvalue weighted by molar-refractivity contribution is 5.95. The lowest BCUT2D eigenvalue weighted by atomic mass is 10.1. The maximum Gasteiger partial charge on any atom is 0.337 e. The second kappa shape index (κ2) is 4.95. The van der Waals surface area contributed by atoms with Crippen molar-refractivity contribution in [2.45, 2.75) is 12.5 Å². The molecule has 1 aromatic carbocycles. The van der Waals surface area contributed by atoms with Gasteiger partial charge in [0.25, 0.3) is 0 Å². The number of carbonyl (C=O) groups is 2. The van der Waals surface area contributed by atoms with Crippen LogP contribution in [0.2, 0.25) is 0 Å². The van der Waals surface area contributed by atoms with Crippen molar-refractivity contribution in [2.75, 3.05) is 19.0 Å². The first kappa shape index (κ1) is 12.2. The minimum absolute atomic E-state index is 0.0639. The predicted molar refractivity (Wildman–Crippen MR) is 62.9 cm³/mol. The Morgan fingerprint density at radius 3 is 2.89 bits per heavy atom. The number of carboxylic acids is 1. The van der Waals surface area contributed by atoms with Crippen molar-refractivity contribution in [3.63, 3.8) is 0 Å². The number of carbonyl (C=O) groups excluding carboxylic acids is 1. The Bertz CT molecular complexity index is 485. The Morgan fingerprint density at radius 2 is 2.33 bits per heavy atom. The van der Waals surface area contributed by atoms with Crippen LogP contribution in [0.25, 0.3) is 0 Å². The van der Waals surface area contributed by atoms with Gasteiger partial charge in [0.2, 0.25) is 0 Å². The second-order valence-corrected chi connectivity index (χ2v) is 3.87. The van der Waals surface area contributed by atoms with Gasteiger partial charge in [-0.1, -0.05) is 0 Å². The van der Waals surface area contributed by atoms with E-state index in [0.717, 1.165) is 0 Å². The Labute approximate surface area is 104 Å². The molecular weight excluding hydrogens is 238 g/mol. The number of methoxy groups -OCH3 is 1. The molecule has 2 N–H and O–H groups in total. The van der Waals surface area contributed by atoms with E-state index in [9.17, 15) is 9.59 Å². The molecule has 0 aliphatic carbocycles. The molecule has 1 aromatic rings. The zero-order valence-electron chi connectivity index (χ0n) is 9.80. The van der Waals surface area contributed by atoms with Crippen LogP contribution >= 0.6 is 0 Å². The van der Waals surface area contributed by atoms with E-state index in [2.05, 4.69) is 5.32 Å². The summed E-state index contributed by atoms with van der Waals surface area (Å²) in [5.41, 5.74) is 0.446. The minimum atomic E-state index is -1.08. The predicted octanol–water partition coefficient (Wildman–Crippen LogP) is 1.12. The Hall–Kier alpha value is -2.24. The van der Waals surface area contributed by atoms with Gasteiger partial charge in [-0.2, -0.15) is 0 Å². The van der Waals surface area contributed by atoms with Gasteiger partial charge in [0, 0.05) is 12.1 Å². The maximum absolute atomic E-state index is 11.3. The van der Waals surface area contributed by atoms with Gasteiger partial charge in [-0.25, -0.2) is 9.59 Å². The average Bonchev–Trinajstić information content (AvgIpc) is 2.75. The molecule has 1 heterocycles. The van der Waals surface area contributed by atoms with E-state index in [1.807, 2.05) is 0 Å². The Morgan fingerprint density at radius 1 is 1.56 bits per heavy atom. The third kappa shape index (κ3) is 2.37. The van der Waals surface area contributed by atoms with Gasteiger partial charge in [0.05, 0.1) is 19.3 Å². The quantitative estimate of drug-likeness (QED) is 0.780. The molecule has 1 saturated heterocycles. The van der Waals surface area contributed by atoms with Crippen LogP contribution in [0, 0.1) is 0 Å². The van der Waals surface area contributed by atoms with Crippen LogP contribution in [0.1, 0.15) is 16.8 Å². The van der Waals surface area contributed by atoms with Crippen LogP contribution in [0.15, 0.2) is 18.2 Å². The van der Waals surface area contributed by atoms with Crippen molar-refractivity contribution >= 4 is 17.6 Å². The van der Waals surface area contributed by atoms with E-state index in [-0.39, 0.29) is 11.5 Å². The fourth-order valence-electron chi connectivity index (χ4n) is 1.77. The van der Waals surface area contributed by atoms with Crippen molar-refractivity contribution in [1.82, 2.24) is 0 Å². The molecule has 0 bridgehead atoms. The second-order valence-electron chi connectivity index (χ2n) is 3.87. The molecule has 1 fully saturated rings. The number of carboxylic acid groups (broad SMARTS) is 1. The summed E-state index contributed by atoms with van der Waals surface area (Å²) in [7, 11) is 1.46. The highest BCUT2D eigenvalue weighted by Crippen LogP contribution is 2.24. The van der Waals surface area contributed by atoms with Gasteiger partial charge < -0.3 is 19.9 Å². The molecule has 0 spiro atoms. The van der Waals surface area contributed by atoms with Crippen molar-refractivity contribution in [1.29, 1.82) is 0 Å². The molecule has 1 atom stereocenters. The van der Waals surface area contributed by atoms with Crippen LogP contribution in [0.3, 0.4) is 0 Å². The lowest BCUT2D eigenvalue weighted by Gasteiger charge is -2.13. The monoisotopic (exact) mass is 251 g/mol. The fourth-order valence-corrected chi connectivity index (χ4v) is 1.77. The standard InChI is InChI=1S/C12H13NO5/c1-17-7-2-3-9(8(6-7)11(14)15)13-10-4-5-18-12(10)16/h2-3,6,10,13H,4-5H2,1H3,(H,14,15)/t10-/m0/s1. The zero-order chi connectivity index (χ0) is 13.1. The van der Waals surface area contributed by atoms with Crippen LogP contribution in [0.4, 0.5) is 5.69 Å². The Balaban J connectivity index is 2.26. The first-order chi connectivity index (χ1) is 8.61. The molecule has 1 aliphatic heterocycles. The van der Waals surface area contributed by atoms with E-state index in [1.165, 1.54) is 13.2 Å². The Kier molecular flexibility index (Phi) is 3.36. The van der Waals surface area contributed by atoms with Gasteiger partial charge in [-0.15, -0.1) is 0 Å². The third-order valence-corrected chi connectivity index (χ3v) is 2.72. The number of anilines is 1. The molecule has 0 unspecified atom stereocenters. The van der Waals surface area contributed by atoms with Gasteiger partial charge in [0.1, 0.15) is 11.8 Å². The van der Waals surface area contributed by atoms with Crippen LogP contribution in [-0.4, -0.2) is 36.8 Å². The van der Waals surface area contributed by atoms with Crippen molar-refractivity contribution in [3.05, 3.63) is 23.8 Å². The SMILES string of the molecule is COc1ccc(N[C@H]2CCOC2=O)c(C(=O)O)c1. The number of esters is 1. The van der Waals surface area contributed by atoms with E-state index in [1.54, 1.807) is 12.1 Å². The lowest BCUT2D eigenvalue weighted by molar-refractivity contribution is -0.138. The summed E-state index contributed by atoms with van der Waals surface area (Å²) in [4.78, 5) is 22.5. The average molecular weight is 251 g/mol. The first-order valence-corrected chi connectivity index (χ1v) is 5.46. The maximum atomic E-state index is 11.3. The zero-order valence-corrected chi connectivity index (χ0v) is 9.80. The third-order valence-electron chi connectivity index (χ3n) is 2.72. The molecule has 6 nitrogen and oxygen atoms in total. The summed E-state index contributed by atoms with van der Waals surface area (Å²) in [5, 5.41) is 12.0. The van der Waals surface area contributed by atoms with E-state index in [0.29, 0.717) is 24.5 Å². The summed E-state index contributed by atoms with van der Waals surface area (Å²) in [5.74, 6) is -0.989. The highest BCUT2D eigenvalue weighted by atomic mass is 16.5. The number of benzene rings is 1. The highest BCUT2D eigenvalue weighted by Gasteiger charge is 2.27. The largest absolute Gasteiger partial charge is 0.497 e. The topological polar surface area (TPSA) is 84.9 Å². The molecule has 96 valence electrons. The first-order valence-electron chi connectivity index (χ1n) is 5.46. The number of cyclic esters (lactones) is 1. The number of rotatable bonds is 4. The molecule has 0 amide bonds. The van der Waals surface area contributed by atoms with Crippen LogP contribution in [-0.2, 0) is 9.53 Å². The fraction of sp³-hybridized carbons (Fsp3) is 0.333. The number of hydrogen-bond acceptors (Lipinski definition) is 5. The van der Waals surface area contributed by atoms with Gasteiger partial charge in [-0.05, 0) is 18.2 Å². The van der Waals surface area contributed by atoms with E-state index < -0.39 is 12.0 Å². The van der Waals surface area contributed by atoms with Crippen molar-refractivity contribution in [3.8, 4) is 5.75 Å². The summed E-state index contributed by atoms with van der Waals surface area (Å²) in [6.45, 7) is 0.356. The molecule has 18 heavy (non-hydrogen) atoms. The van der Waals surface area contributed by atoms with E-state index >= 15 is 0 Å². The number of hydrogen-bond donors (Lipinski definition) is 2. The molecule has 1 aliphatic rings. The normalized spacial score (nSPS) is 18.3. The van der Waals surface area contributed by atoms with Crippen molar-refractivity contribution in [2.24, 2.45) is 0 Å². The molecular formula is C12H13NO5. The smallest absolute Gasteiger partial charge is 0.337 e. The number of aromatic carboxylic acids is 1. The van der Waals surface area contributed by atoms with Crippen molar-refractivity contribution < 1.29 is 24.2 Å². The minimum Gasteiger partial charge on any atom is -0.497 e.